The lowest BCUT2D eigenvalue weighted by Gasteiger charge is -2.08. The van der Waals surface area contributed by atoms with E-state index in [9.17, 15) is 0 Å². The van der Waals surface area contributed by atoms with Crippen molar-refractivity contribution in [1.82, 2.24) is 4.57 Å². The second-order valence-electron chi connectivity index (χ2n) is 6.41. The number of hydrogen-bond donors (Lipinski definition) is 0. The fourth-order valence-electron chi connectivity index (χ4n) is 3.77. The van der Waals surface area contributed by atoms with Gasteiger partial charge >= 0.3 is 0 Å². The van der Waals surface area contributed by atoms with Gasteiger partial charge in [-0.1, -0.05) is 82.7 Å². The first-order chi connectivity index (χ1) is 12.3. The van der Waals surface area contributed by atoms with E-state index in [0.717, 1.165) is 11.0 Å². The number of nitrogens with zero attached hydrogens (tertiary/aromatic N) is 1. The molecule has 120 valence electrons. The second kappa shape index (κ2) is 5.75. The maximum atomic E-state index is 3.65. The summed E-state index contributed by atoms with van der Waals surface area (Å²) in [5.74, 6) is 0. The van der Waals surface area contributed by atoms with Crippen LogP contribution in [0, 0.1) is 0 Å². The van der Waals surface area contributed by atoms with E-state index in [1.165, 1.54) is 38.1 Å². The van der Waals surface area contributed by atoms with Crippen molar-refractivity contribution in [2.75, 3.05) is 0 Å². The molecule has 0 aliphatic carbocycles. The first kappa shape index (κ1) is 14.7. The topological polar surface area (TPSA) is 4.93 Å². The van der Waals surface area contributed by atoms with Crippen LogP contribution in [-0.4, -0.2) is 4.57 Å². The molecule has 0 spiro atoms. The Bertz CT molecular complexity index is 1220. The van der Waals surface area contributed by atoms with Gasteiger partial charge in [0.2, 0.25) is 0 Å². The van der Waals surface area contributed by atoms with Crippen molar-refractivity contribution in [3.63, 3.8) is 0 Å². The fourth-order valence-corrected chi connectivity index (χ4v) is 4.12. The summed E-state index contributed by atoms with van der Waals surface area (Å²) in [5, 5.41) is 5.26. The normalized spacial score (nSPS) is 11.6. The van der Waals surface area contributed by atoms with Gasteiger partial charge < -0.3 is 4.57 Å². The highest BCUT2D eigenvalue weighted by Crippen LogP contribution is 2.36. The molecule has 0 unspecified atom stereocenters. The molecule has 1 heterocycles. The molecule has 0 amide bonds. The fraction of sp³-hybridized carbons (Fsp3) is 0.0435. The van der Waals surface area contributed by atoms with Crippen molar-refractivity contribution >= 4 is 48.5 Å². The summed E-state index contributed by atoms with van der Waals surface area (Å²) in [6.45, 7) is 0.871. The third-order valence-electron chi connectivity index (χ3n) is 4.90. The van der Waals surface area contributed by atoms with E-state index in [0.29, 0.717) is 0 Å². The summed E-state index contributed by atoms with van der Waals surface area (Å²) in [7, 11) is 0. The van der Waals surface area contributed by atoms with Gasteiger partial charge in [-0.25, -0.2) is 0 Å². The molecule has 0 saturated carbocycles. The molecule has 0 saturated heterocycles. The summed E-state index contributed by atoms with van der Waals surface area (Å²) < 4.78 is 3.54. The van der Waals surface area contributed by atoms with E-state index in [2.05, 4.69) is 105 Å². The van der Waals surface area contributed by atoms with Gasteiger partial charge in [-0.15, -0.1) is 0 Å². The van der Waals surface area contributed by atoms with Crippen molar-refractivity contribution in [1.29, 1.82) is 0 Å². The first-order valence-corrected chi connectivity index (χ1v) is 9.24. The summed E-state index contributed by atoms with van der Waals surface area (Å²) in [4.78, 5) is 0. The Kier molecular flexibility index (Phi) is 3.39. The standard InChI is InChI=1S/C23H16BrN/c24-18-11-12-20-22(14-18)25(15-16-6-2-1-3-7-16)21-13-10-17-8-4-5-9-19(17)23(20)21/h1-14H,15H2. The van der Waals surface area contributed by atoms with E-state index in [-0.39, 0.29) is 0 Å². The molecule has 0 N–H and O–H groups in total. The van der Waals surface area contributed by atoms with Crippen LogP contribution in [0.3, 0.4) is 0 Å². The van der Waals surface area contributed by atoms with Gasteiger partial charge in [0, 0.05) is 21.8 Å². The van der Waals surface area contributed by atoms with Crippen molar-refractivity contribution in [3.05, 3.63) is 95.0 Å². The second-order valence-corrected chi connectivity index (χ2v) is 7.33. The number of aromatic nitrogens is 1. The Morgan fingerprint density at radius 3 is 2.36 bits per heavy atom. The average molecular weight is 386 g/mol. The van der Waals surface area contributed by atoms with Crippen LogP contribution >= 0.6 is 15.9 Å². The average Bonchev–Trinajstić information content (AvgIpc) is 2.96. The lowest BCUT2D eigenvalue weighted by Crippen LogP contribution is -1.99. The van der Waals surface area contributed by atoms with Crippen LogP contribution in [0.25, 0.3) is 32.6 Å². The molecule has 2 heteroatoms. The van der Waals surface area contributed by atoms with E-state index in [1.807, 2.05) is 0 Å². The van der Waals surface area contributed by atoms with Crippen molar-refractivity contribution in [2.45, 2.75) is 6.54 Å². The molecular weight excluding hydrogens is 370 g/mol. The summed E-state index contributed by atoms with van der Waals surface area (Å²) >= 11 is 3.65. The molecule has 5 rings (SSSR count). The van der Waals surface area contributed by atoms with Crippen LogP contribution in [0.2, 0.25) is 0 Å². The number of fused-ring (bicyclic) bond motifs is 5. The van der Waals surface area contributed by atoms with Gasteiger partial charge in [0.15, 0.2) is 0 Å². The smallest absolute Gasteiger partial charge is 0.0506 e. The first-order valence-electron chi connectivity index (χ1n) is 8.44. The zero-order valence-corrected chi connectivity index (χ0v) is 15.2. The van der Waals surface area contributed by atoms with E-state index in [1.54, 1.807) is 0 Å². The summed E-state index contributed by atoms with van der Waals surface area (Å²) in [6, 6.07) is 30.4. The molecule has 0 fully saturated rings. The monoisotopic (exact) mass is 385 g/mol. The molecular formula is C23H16BrN. The van der Waals surface area contributed by atoms with Gasteiger partial charge in [-0.3, -0.25) is 0 Å². The van der Waals surface area contributed by atoms with Gasteiger partial charge in [0.1, 0.15) is 0 Å². The highest BCUT2D eigenvalue weighted by Gasteiger charge is 2.13. The molecule has 25 heavy (non-hydrogen) atoms. The van der Waals surface area contributed by atoms with Gasteiger partial charge in [0.25, 0.3) is 0 Å². The van der Waals surface area contributed by atoms with Crippen molar-refractivity contribution in [2.24, 2.45) is 0 Å². The Hall–Kier alpha value is -2.58. The number of benzene rings is 4. The van der Waals surface area contributed by atoms with Gasteiger partial charge in [-0.2, -0.15) is 0 Å². The predicted molar refractivity (Wildman–Crippen MR) is 110 cm³/mol. The van der Waals surface area contributed by atoms with E-state index < -0.39 is 0 Å². The lowest BCUT2D eigenvalue weighted by molar-refractivity contribution is 0.869. The summed E-state index contributed by atoms with van der Waals surface area (Å²) in [6.07, 6.45) is 0. The maximum absolute atomic E-state index is 3.65. The third kappa shape index (κ3) is 2.37. The highest BCUT2D eigenvalue weighted by atomic mass is 79.9. The Balaban J connectivity index is 1.91. The largest absolute Gasteiger partial charge is 0.336 e. The molecule has 1 aromatic heterocycles. The van der Waals surface area contributed by atoms with Gasteiger partial charge in [-0.05, 0) is 34.5 Å². The van der Waals surface area contributed by atoms with Crippen molar-refractivity contribution < 1.29 is 0 Å². The molecule has 4 aromatic carbocycles. The Morgan fingerprint density at radius 1 is 0.680 bits per heavy atom. The minimum Gasteiger partial charge on any atom is -0.336 e. The molecule has 0 aliphatic rings. The van der Waals surface area contributed by atoms with Crippen LogP contribution in [0.4, 0.5) is 0 Å². The molecule has 0 bridgehead atoms. The Morgan fingerprint density at radius 2 is 1.48 bits per heavy atom. The SMILES string of the molecule is Brc1ccc2c3c4ccccc4ccc3n(Cc3ccccc3)c2c1. The number of halogens is 1. The summed E-state index contributed by atoms with van der Waals surface area (Å²) in [5.41, 5.74) is 3.87. The quantitative estimate of drug-likeness (QED) is 0.316. The molecule has 0 atom stereocenters. The third-order valence-corrected chi connectivity index (χ3v) is 5.39. The predicted octanol–water partition coefficient (Wildman–Crippen LogP) is 6.76. The molecule has 0 radical (unpaired) electrons. The Labute approximate surface area is 154 Å². The van der Waals surface area contributed by atoms with Crippen LogP contribution in [0.15, 0.2) is 89.4 Å². The van der Waals surface area contributed by atoms with Crippen LogP contribution in [0.1, 0.15) is 5.56 Å². The maximum Gasteiger partial charge on any atom is 0.0506 e. The zero-order chi connectivity index (χ0) is 16.8. The minimum absolute atomic E-state index is 0.871. The molecule has 0 aliphatic heterocycles. The van der Waals surface area contributed by atoms with E-state index >= 15 is 0 Å². The van der Waals surface area contributed by atoms with Crippen molar-refractivity contribution in [3.8, 4) is 0 Å². The number of rotatable bonds is 2. The van der Waals surface area contributed by atoms with Gasteiger partial charge in [0.05, 0.1) is 11.0 Å². The van der Waals surface area contributed by atoms with E-state index in [4.69, 9.17) is 0 Å². The van der Waals surface area contributed by atoms with Crippen LogP contribution in [0.5, 0.6) is 0 Å². The lowest BCUT2D eigenvalue weighted by atomic mass is 10.0. The highest BCUT2D eigenvalue weighted by molar-refractivity contribution is 9.10. The minimum atomic E-state index is 0.871. The molecule has 1 nitrogen and oxygen atoms in total. The van der Waals surface area contributed by atoms with Crippen LogP contribution in [-0.2, 0) is 6.54 Å². The zero-order valence-electron chi connectivity index (χ0n) is 13.6. The van der Waals surface area contributed by atoms with Crippen LogP contribution < -0.4 is 0 Å². The number of hydrogen-bond acceptors (Lipinski definition) is 0. The molecule has 5 aromatic rings.